The molecular formula is C41H44F7N3O4. The van der Waals surface area contributed by atoms with Crippen LogP contribution in [-0.4, -0.2) is 52.0 Å². The number of carboxylic acid groups (broad SMARTS) is 1. The second-order valence-electron chi connectivity index (χ2n) is 15.1. The maximum Gasteiger partial charge on any atom is 0.416 e. The Bertz CT molecular complexity index is 2050. The number of likely N-dealkylation sites (tertiary alicyclic amines) is 1. The van der Waals surface area contributed by atoms with Crippen molar-refractivity contribution in [3.63, 3.8) is 0 Å². The van der Waals surface area contributed by atoms with Crippen molar-refractivity contribution in [1.82, 2.24) is 14.8 Å². The highest BCUT2D eigenvalue weighted by Crippen LogP contribution is 2.49. The Labute approximate surface area is 314 Å². The Hall–Kier alpha value is -4.64. The Balaban J connectivity index is 1.56. The third-order valence-electron chi connectivity index (χ3n) is 10.5. The van der Waals surface area contributed by atoms with Gasteiger partial charge in [-0.05, 0) is 93.3 Å². The first-order valence-electron chi connectivity index (χ1n) is 18.2. The van der Waals surface area contributed by atoms with Gasteiger partial charge in [0.2, 0.25) is 5.91 Å². The molecule has 2 fully saturated rings. The predicted octanol–water partition coefficient (Wildman–Crippen LogP) is 8.55. The number of hydrogen-bond acceptors (Lipinski definition) is 4. The lowest BCUT2D eigenvalue weighted by atomic mass is 9.87. The largest absolute Gasteiger partial charge is 0.481 e. The predicted molar refractivity (Wildman–Crippen MR) is 193 cm³/mol. The zero-order valence-electron chi connectivity index (χ0n) is 31.2. The first kappa shape index (κ1) is 41.5. The highest BCUT2D eigenvalue weighted by atomic mass is 19.4. The molecule has 1 saturated heterocycles. The number of carbonyl (C=O) groups excluding carboxylic acids is 1. The maximum atomic E-state index is 16.7. The number of hydrogen-bond donors (Lipinski definition) is 2. The van der Waals surface area contributed by atoms with Crippen LogP contribution in [0.15, 0.2) is 41.3 Å². The zero-order chi connectivity index (χ0) is 40.6. The molecule has 5 rings (SSSR count). The third kappa shape index (κ3) is 9.26. The summed E-state index contributed by atoms with van der Waals surface area (Å²) in [5.41, 5.74) is -1.99. The summed E-state index contributed by atoms with van der Waals surface area (Å²) in [7, 11) is 0. The van der Waals surface area contributed by atoms with Gasteiger partial charge in [0.15, 0.2) is 0 Å². The minimum Gasteiger partial charge on any atom is -0.481 e. The number of benzene rings is 2. The van der Waals surface area contributed by atoms with Crippen molar-refractivity contribution in [1.29, 1.82) is 0 Å². The average Bonchev–Trinajstić information content (AvgIpc) is 3.69. The van der Waals surface area contributed by atoms with Crippen molar-refractivity contribution in [3.8, 4) is 23.0 Å². The molecule has 1 aliphatic carbocycles. The molecule has 0 radical (unpaired) electrons. The van der Waals surface area contributed by atoms with Gasteiger partial charge in [-0.2, -0.15) is 13.2 Å². The van der Waals surface area contributed by atoms with Crippen LogP contribution in [0, 0.1) is 49.2 Å². The Morgan fingerprint density at radius 2 is 1.67 bits per heavy atom. The van der Waals surface area contributed by atoms with Gasteiger partial charge in [-0.3, -0.25) is 14.4 Å². The van der Waals surface area contributed by atoms with Crippen LogP contribution in [0.25, 0.3) is 11.1 Å². The maximum absolute atomic E-state index is 16.7. The molecular weight excluding hydrogens is 731 g/mol. The molecule has 1 aromatic heterocycles. The molecule has 2 aromatic carbocycles. The van der Waals surface area contributed by atoms with E-state index in [2.05, 4.69) is 17.2 Å². The monoisotopic (exact) mass is 775 g/mol. The molecule has 2 heterocycles. The van der Waals surface area contributed by atoms with Crippen LogP contribution in [0.2, 0.25) is 0 Å². The van der Waals surface area contributed by atoms with Crippen molar-refractivity contribution < 1.29 is 45.4 Å². The molecule has 1 unspecified atom stereocenters. The fourth-order valence-corrected chi connectivity index (χ4v) is 7.66. The van der Waals surface area contributed by atoms with Gasteiger partial charge in [0.1, 0.15) is 17.7 Å². The standard InChI is InChI=1S/C41H44F7N3O4/c1-6-8-26-16-28(35-23(4)9-7-10-24(35)5)38(43)36(37(26)42)31(18-34(53)54)49-39(55)32(15-22(2)3)51-21-29(30(17-33(51)52)41(46,47)48)25-11-13-50(14-12-25)20-27-19-40(27,44)45/h7,9-10,16-17,21-22,25,27,31-32H,11-15,18-20H2,1-5H3,(H,49,55)(H,53,54)/t27?,31-,32+/m1/s1. The number of nitrogens with zero attached hydrogens (tertiary/aromatic N) is 2. The van der Waals surface area contributed by atoms with Crippen LogP contribution in [0.4, 0.5) is 30.7 Å². The van der Waals surface area contributed by atoms with E-state index in [1.807, 2.05) is 0 Å². The third-order valence-corrected chi connectivity index (χ3v) is 10.5. The SMILES string of the molecule is CC#Cc1cc(-c2c(C)cccc2C)c(F)c([C@@H](CC(=O)O)NC(=O)[C@H](CC(C)C)n2cc(C3CCN(CC4CC4(F)F)CC3)c(C(F)(F)F)cc2=O)c1F. The van der Waals surface area contributed by atoms with E-state index in [1.165, 1.54) is 13.0 Å². The number of carboxylic acids is 1. The number of nitrogens with one attached hydrogen (secondary N) is 1. The van der Waals surface area contributed by atoms with Crippen molar-refractivity contribution in [2.45, 2.75) is 96.8 Å². The number of amides is 1. The molecule has 0 spiro atoms. The lowest BCUT2D eigenvalue weighted by molar-refractivity contribution is -0.139. The van der Waals surface area contributed by atoms with E-state index < -0.39 is 82.6 Å². The highest BCUT2D eigenvalue weighted by molar-refractivity contribution is 5.82. The molecule has 1 aliphatic heterocycles. The summed E-state index contributed by atoms with van der Waals surface area (Å²) in [5, 5.41) is 12.3. The number of piperidine rings is 1. The topological polar surface area (TPSA) is 91.6 Å². The molecule has 2 N–H and O–H groups in total. The van der Waals surface area contributed by atoms with Crippen molar-refractivity contribution >= 4 is 11.9 Å². The molecule has 55 heavy (non-hydrogen) atoms. The zero-order valence-corrected chi connectivity index (χ0v) is 31.2. The molecule has 1 saturated carbocycles. The number of aliphatic carboxylic acids is 1. The minimum absolute atomic E-state index is 0.0754. The van der Waals surface area contributed by atoms with Gasteiger partial charge in [0.25, 0.3) is 11.5 Å². The van der Waals surface area contributed by atoms with Gasteiger partial charge in [0.05, 0.1) is 23.6 Å². The van der Waals surface area contributed by atoms with Crippen LogP contribution >= 0.6 is 0 Å². The van der Waals surface area contributed by atoms with Crippen LogP contribution < -0.4 is 10.9 Å². The number of aryl methyl sites for hydroxylation is 2. The van der Waals surface area contributed by atoms with Crippen molar-refractivity contribution in [3.05, 3.63) is 91.9 Å². The van der Waals surface area contributed by atoms with Gasteiger partial charge in [-0.25, -0.2) is 17.6 Å². The minimum atomic E-state index is -4.93. The average molecular weight is 776 g/mol. The van der Waals surface area contributed by atoms with E-state index >= 15 is 8.78 Å². The number of rotatable bonds is 12. The van der Waals surface area contributed by atoms with E-state index in [9.17, 15) is 41.4 Å². The van der Waals surface area contributed by atoms with E-state index in [-0.39, 0.29) is 67.9 Å². The van der Waals surface area contributed by atoms with Gasteiger partial charge in [0, 0.05) is 42.3 Å². The Morgan fingerprint density at radius 3 is 2.20 bits per heavy atom. The summed E-state index contributed by atoms with van der Waals surface area (Å²) in [6.45, 7) is 8.91. The highest BCUT2D eigenvalue weighted by Gasteiger charge is 2.57. The normalized spacial score (nSPS) is 18.4. The summed E-state index contributed by atoms with van der Waals surface area (Å²) in [6.07, 6.45) is -4.90. The molecule has 296 valence electrons. The summed E-state index contributed by atoms with van der Waals surface area (Å²) < 4.78 is 104. The molecule has 0 bridgehead atoms. The van der Waals surface area contributed by atoms with Crippen molar-refractivity contribution in [2.24, 2.45) is 11.8 Å². The lowest BCUT2D eigenvalue weighted by Crippen LogP contribution is -2.41. The lowest BCUT2D eigenvalue weighted by Gasteiger charge is -2.34. The smallest absolute Gasteiger partial charge is 0.416 e. The number of halogens is 7. The first-order chi connectivity index (χ1) is 25.7. The van der Waals surface area contributed by atoms with Crippen LogP contribution in [0.3, 0.4) is 0 Å². The summed E-state index contributed by atoms with van der Waals surface area (Å²) in [6, 6.07) is 3.50. The number of aromatic nitrogens is 1. The van der Waals surface area contributed by atoms with E-state index in [4.69, 9.17) is 0 Å². The van der Waals surface area contributed by atoms with Gasteiger partial charge in [-0.1, -0.05) is 38.0 Å². The Morgan fingerprint density at radius 1 is 1.05 bits per heavy atom. The van der Waals surface area contributed by atoms with Crippen molar-refractivity contribution in [2.75, 3.05) is 19.6 Å². The van der Waals surface area contributed by atoms with Crippen LogP contribution in [0.1, 0.15) is 104 Å². The van der Waals surface area contributed by atoms with E-state index in [0.717, 1.165) is 10.8 Å². The second-order valence-corrected chi connectivity index (χ2v) is 15.1. The van der Waals surface area contributed by atoms with Crippen LogP contribution in [-0.2, 0) is 15.8 Å². The van der Waals surface area contributed by atoms with E-state index in [1.54, 1.807) is 50.8 Å². The fraction of sp³-hybridized carbons (Fsp3) is 0.488. The summed E-state index contributed by atoms with van der Waals surface area (Å²) in [4.78, 5) is 41.7. The molecule has 3 atom stereocenters. The number of pyridine rings is 1. The quantitative estimate of drug-likeness (QED) is 0.142. The summed E-state index contributed by atoms with van der Waals surface area (Å²) in [5.74, 6) is -4.32. The van der Waals surface area contributed by atoms with E-state index in [0.29, 0.717) is 22.8 Å². The Kier molecular flexibility index (Phi) is 12.2. The number of alkyl halides is 5. The summed E-state index contributed by atoms with van der Waals surface area (Å²) >= 11 is 0. The first-order valence-corrected chi connectivity index (χ1v) is 18.2. The second kappa shape index (κ2) is 16.2. The van der Waals surface area contributed by atoms with Crippen LogP contribution in [0.5, 0.6) is 0 Å². The van der Waals surface area contributed by atoms with Gasteiger partial charge >= 0.3 is 12.1 Å². The number of carbonyl (C=O) groups is 2. The molecule has 7 nitrogen and oxygen atoms in total. The molecule has 1 amide bonds. The fourth-order valence-electron chi connectivity index (χ4n) is 7.66. The van der Waals surface area contributed by atoms with Gasteiger partial charge in [-0.15, -0.1) is 5.92 Å². The molecule has 3 aromatic rings. The molecule has 14 heteroatoms. The molecule has 2 aliphatic rings. The van der Waals surface area contributed by atoms with Gasteiger partial charge < -0.3 is 19.9 Å².